The molecule has 2 aliphatic rings. The van der Waals surface area contributed by atoms with Gasteiger partial charge in [0, 0.05) is 18.9 Å². The molecule has 0 bridgehead atoms. The van der Waals surface area contributed by atoms with Crippen LogP contribution in [0.15, 0.2) is 36.5 Å². The summed E-state index contributed by atoms with van der Waals surface area (Å²) >= 11 is 0. The van der Waals surface area contributed by atoms with Gasteiger partial charge in [0.1, 0.15) is 6.10 Å². The minimum Gasteiger partial charge on any atom is -0.455 e. The number of hydrogen-bond acceptors (Lipinski definition) is 4. The summed E-state index contributed by atoms with van der Waals surface area (Å²) in [4.78, 5) is 11.5. The van der Waals surface area contributed by atoms with Crippen molar-refractivity contribution in [2.45, 2.75) is 38.1 Å². The molecule has 0 aromatic carbocycles. The normalized spacial score (nSPS) is 23.3. The molecule has 2 rings (SSSR count). The molecule has 0 unspecified atom stereocenters. The van der Waals surface area contributed by atoms with Gasteiger partial charge in [-0.05, 0) is 18.9 Å². The molecule has 0 amide bonds. The Balaban J connectivity index is 1.90. The van der Waals surface area contributed by atoms with E-state index in [0.29, 0.717) is 19.6 Å². The number of carbonyl (C=O) groups excluding carboxylic acids is 1. The van der Waals surface area contributed by atoms with Gasteiger partial charge in [0.2, 0.25) is 0 Å². The second kappa shape index (κ2) is 6.17. The third-order valence-corrected chi connectivity index (χ3v) is 3.29. The maximum absolute atomic E-state index is 11.5. The van der Waals surface area contributed by atoms with E-state index in [-0.39, 0.29) is 12.1 Å². The SMILES string of the molecule is C=C[C@@H](C)OC(=O)/C=C/C1=CCCC2(C1)OCCO2. The highest BCUT2D eigenvalue weighted by atomic mass is 16.7. The summed E-state index contributed by atoms with van der Waals surface area (Å²) in [5.74, 6) is -0.826. The lowest BCUT2D eigenvalue weighted by molar-refractivity contribution is -0.162. The first kappa shape index (κ1) is 14.0. The molecule has 0 aromatic heterocycles. The van der Waals surface area contributed by atoms with Gasteiger partial charge in [-0.15, -0.1) is 0 Å². The quantitative estimate of drug-likeness (QED) is 0.444. The zero-order valence-corrected chi connectivity index (χ0v) is 11.3. The monoisotopic (exact) mass is 264 g/mol. The maximum atomic E-state index is 11.5. The summed E-state index contributed by atoms with van der Waals surface area (Å²) < 4.78 is 16.4. The lowest BCUT2D eigenvalue weighted by atomic mass is 9.93. The Morgan fingerprint density at radius 1 is 1.53 bits per heavy atom. The van der Waals surface area contributed by atoms with Gasteiger partial charge >= 0.3 is 5.97 Å². The van der Waals surface area contributed by atoms with Gasteiger partial charge in [0.15, 0.2) is 5.79 Å². The fraction of sp³-hybridized carbons (Fsp3) is 0.533. The topological polar surface area (TPSA) is 44.8 Å². The van der Waals surface area contributed by atoms with Gasteiger partial charge in [0.05, 0.1) is 13.2 Å². The number of allylic oxidation sites excluding steroid dienone is 2. The summed E-state index contributed by atoms with van der Waals surface area (Å²) in [6, 6.07) is 0. The van der Waals surface area contributed by atoms with Crippen LogP contribution in [-0.4, -0.2) is 31.1 Å². The van der Waals surface area contributed by atoms with Crippen molar-refractivity contribution in [3.05, 3.63) is 36.5 Å². The number of esters is 1. The summed E-state index contributed by atoms with van der Waals surface area (Å²) in [6.45, 7) is 6.64. The standard InChI is InChI=1S/C15H20O4/c1-3-12(2)19-14(16)7-6-13-5-4-8-15(11-13)17-9-10-18-15/h3,5-7,12H,1,4,8-11H2,2H3/b7-6+/t12-/m1/s1. The van der Waals surface area contributed by atoms with Crippen LogP contribution in [-0.2, 0) is 19.0 Å². The molecule has 4 nitrogen and oxygen atoms in total. The van der Waals surface area contributed by atoms with Crippen LogP contribution in [0.25, 0.3) is 0 Å². The summed E-state index contributed by atoms with van der Waals surface area (Å²) in [6.07, 6.45) is 9.11. The van der Waals surface area contributed by atoms with Gasteiger partial charge in [-0.25, -0.2) is 4.79 Å². The Morgan fingerprint density at radius 2 is 2.26 bits per heavy atom. The van der Waals surface area contributed by atoms with Crippen LogP contribution < -0.4 is 0 Å². The Hall–Kier alpha value is -1.39. The Bertz CT molecular complexity index is 402. The van der Waals surface area contributed by atoms with Crippen molar-refractivity contribution in [3.8, 4) is 0 Å². The smallest absolute Gasteiger partial charge is 0.331 e. The van der Waals surface area contributed by atoms with Crippen LogP contribution in [0.5, 0.6) is 0 Å². The molecule has 0 radical (unpaired) electrons. The number of carbonyl (C=O) groups is 1. The molecule has 1 heterocycles. The van der Waals surface area contributed by atoms with Crippen molar-refractivity contribution < 1.29 is 19.0 Å². The van der Waals surface area contributed by atoms with Crippen molar-refractivity contribution >= 4 is 5.97 Å². The molecule has 1 saturated heterocycles. The maximum Gasteiger partial charge on any atom is 0.331 e. The Labute approximate surface area is 113 Å². The van der Waals surface area contributed by atoms with Gasteiger partial charge in [-0.1, -0.05) is 24.8 Å². The first-order valence-corrected chi connectivity index (χ1v) is 6.62. The highest BCUT2D eigenvalue weighted by Gasteiger charge is 2.38. The van der Waals surface area contributed by atoms with E-state index in [0.717, 1.165) is 18.4 Å². The zero-order valence-electron chi connectivity index (χ0n) is 11.3. The predicted octanol–water partition coefficient (Wildman–Crippen LogP) is 2.51. The molecule has 1 spiro atoms. The average molecular weight is 264 g/mol. The van der Waals surface area contributed by atoms with E-state index in [2.05, 4.69) is 12.7 Å². The van der Waals surface area contributed by atoms with Crippen LogP contribution in [0.4, 0.5) is 0 Å². The molecule has 104 valence electrons. The third kappa shape index (κ3) is 3.78. The van der Waals surface area contributed by atoms with Gasteiger partial charge in [0.25, 0.3) is 0 Å². The number of rotatable bonds is 4. The molecule has 0 aromatic rings. The second-order valence-electron chi connectivity index (χ2n) is 4.81. The summed E-state index contributed by atoms with van der Waals surface area (Å²) in [7, 11) is 0. The van der Waals surface area contributed by atoms with E-state index >= 15 is 0 Å². The average Bonchev–Trinajstić information content (AvgIpc) is 2.84. The van der Waals surface area contributed by atoms with E-state index in [1.165, 1.54) is 6.08 Å². The molecular weight excluding hydrogens is 244 g/mol. The largest absolute Gasteiger partial charge is 0.455 e. The van der Waals surface area contributed by atoms with Crippen LogP contribution in [0.1, 0.15) is 26.2 Å². The highest BCUT2D eigenvalue weighted by Crippen LogP contribution is 2.36. The molecule has 1 aliphatic carbocycles. The van der Waals surface area contributed by atoms with Crippen molar-refractivity contribution in [1.29, 1.82) is 0 Å². The van der Waals surface area contributed by atoms with Gasteiger partial charge in [-0.2, -0.15) is 0 Å². The van der Waals surface area contributed by atoms with Crippen molar-refractivity contribution in [1.82, 2.24) is 0 Å². The predicted molar refractivity (Wildman–Crippen MR) is 71.5 cm³/mol. The van der Waals surface area contributed by atoms with Crippen LogP contribution in [0.3, 0.4) is 0 Å². The zero-order chi connectivity index (χ0) is 13.7. The molecular formula is C15H20O4. The van der Waals surface area contributed by atoms with Gasteiger partial charge in [-0.3, -0.25) is 0 Å². The van der Waals surface area contributed by atoms with Gasteiger partial charge < -0.3 is 14.2 Å². The lowest BCUT2D eigenvalue weighted by Crippen LogP contribution is -2.32. The molecule has 1 aliphatic heterocycles. The van der Waals surface area contributed by atoms with Crippen molar-refractivity contribution in [2.24, 2.45) is 0 Å². The number of ether oxygens (including phenoxy) is 3. The fourth-order valence-electron chi connectivity index (χ4n) is 2.27. The summed E-state index contributed by atoms with van der Waals surface area (Å²) in [5.41, 5.74) is 1.05. The Kier molecular flexibility index (Phi) is 4.56. The van der Waals surface area contributed by atoms with Crippen LogP contribution in [0.2, 0.25) is 0 Å². The van der Waals surface area contributed by atoms with E-state index in [1.54, 1.807) is 19.1 Å². The van der Waals surface area contributed by atoms with E-state index in [4.69, 9.17) is 14.2 Å². The highest BCUT2D eigenvalue weighted by molar-refractivity contribution is 5.82. The van der Waals surface area contributed by atoms with Crippen molar-refractivity contribution in [3.63, 3.8) is 0 Å². The first-order valence-electron chi connectivity index (χ1n) is 6.62. The lowest BCUT2D eigenvalue weighted by Gasteiger charge is -2.30. The molecule has 19 heavy (non-hydrogen) atoms. The minimum atomic E-state index is -0.466. The van der Waals surface area contributed by atoms with Crippen molar-refractivity contribution in [2.75, 3.05) is 13.2 Å². The minimum absolute atomic E-state index is 0.273. The van der Waals surface area contributed by atoms with Crippen LogP contribution >= 0.6 is 0 Å². The second-order valence-corrected chi connectivity index (χ2v) is 4.81. The summed E-state index contributed by atoms with van der Waals surface area (Å²) in [5, 5.41) is 0. The molecule has 0 saturated carbocycles. The Morgan fingerprint density at radius 3 is 2.95 bits per heavy atom. The van der Waals surface area contributed by atoms with E-state index in [1.807, 2.05) is 0 Å². The molecule has 4 heteroatoms. The van der Waals surface area contributed by atoms with Crippen LogP contribution in [0, 0.1) is 0 Å². The molecule has 1 fully saturated rings. The fourth-order valence-corrected chi connectivity index (χ4v) is 2.27. The number of hydrogen-bond donors (Lipinski definition) is 0. The first-order chi connectivity index (χ1) is 9.13. The molecule has 0 N–H and O–H groups in total. The van der Waals surface area contributed by atoms with E-state index in [9.17, 15) is 4.79 Å². The molecule has 1 atom stereocenters. The van der Waals surface area contributed by atoms with E-state index < -0.39 is 5.79 Å². The third-order valence-electron chi connectivity index (χ3n) is 3.29.